The number of hydrogen-bond donors (Lipinski definition) is 2. The molecule has 2 fully saturated rings. The van der Waals surface area contributed by atoms with E-state index in [0.29, 0.717) is 17.4 Å². The van der Waals surface area contributed by atoms with E-state index in [4.69, 9.17) is 0 Å². The molecule has 2 N–H and O–H groups in total. The molecule has 2 atom stereocenters. The van der Waals surface area contributed by atoms with Crippen LogP contribution in [0.1, 0.15) is 56.1 Å². The van der Waals surface area contributed by atoms with Crippen molar-refractivity contribution in [3.8, 4) is 11.5 Å². The van der Waals surface area contributed by atoms with Gasteiger partial charge in [-0.25, -0.2) is 0 Å². The minimum atomic E-state index is 0.0186. The molecule has 2 aliphatic carbocycles. The van der Waals surface area contributed by atoms with Crippen molar-refractivity contribution in [2.75, 3.05) is 0 Å². The molecule has 2 aromatic carbocycles. The predicted octanol–water partition coefficient (Wildman–Crippen LogP) is 5.37. The van der Waals surface area contributed by atoms with Crippen LogP contribution in [-0.4, -0.2) is 10.2 Å². The second-order valence-electron chi connectivity index (χ2n) is 7.61. The highest BCUT2D eigenvalue weighted by atomic mass is 16.3. The summed E-state index contributed by atoms with van der Waals surface area (Å²) in [6.07, 6.45) is 9.08. The summed E-state index contributed by atoms with van der Waals surface area (Å²) >= 11 is 0. The van der Waals surface area contributed by atoms with Crippen molar-refractivity contribution in [1.29, 1.82) is 0 Å². The van der Waals surface area contributed by atoms with E-state index in [2.05, 4.69) is 24.3 Å². The normalized spacial score (nSPS) is 25.8. The molecule has 2 nitrogen and oxygen atoms in total. The van der Waals surface area contributed by atoms with Crippen LogP contribution in [0.4, 0.5) is 0 Å². The topological polar surface area (TPSA) is 40.5 Å². The fourth-order valence-corrected chi connectivity index (χ4v) is 5.43. The lowest BCUT2D eigenvalue weighted by atomic mass is 9.52. The van der Waals surface area contributed by atoms with E-state index in [1.54, 1.807) is 0 Å². The van der Waals surface area contributed by atoms with Gasteiger partial charge in [-0.2, -0.15) is 0 Å². The summed E-state index contributed by atoms with van der Waals surface area (Å²) in [6.45, 7) is 0. The monoisotopic (exact) mass is 322 g/mol. The van der Waals surface area contributed by atoms with Gasteiger partial charge in [0.1, 0.15) is 11.5 Å². The predicted molar refractivity (Wildman–Crippen MR) is 96.3 cm³/mol. The van der Waals surface area contributed by atoms with Gasteiger partial charge in [0.25, 0.3) is 0 Å². The molecule has 0 aromatic heterocycles. The fraction of sp³-hybridized carbons (Fsp3) is 0.455. The molecule has 0 saturated heterocycles. The second-order valence-corrected chi connectivity index (χ2v) is 7.61. The number of aromatic hydroxyl groups is 2. The van der Waals surface area contributed by atoms with Crippen LogP contribution >= 0.6 is 0 Å². The number of rotatable bonds is 2. The quantitative estimate of drug-likeness (QED) is 0.780. The Kier molecular flexibility index (Phi) is 3.99. The smallest absolute Gasteiger partial charge is 0.115 e. The molecule has 0 radical (unpaired) electrons. The lowest BCUT2D eigenvalue weighted by Gasteiger charge is -2.51. The molecule has 2 aromatic rings. The number of phenolic OH excluding ortho intramolecular Hbond substituents is 2. The highest BCUT2D eigenvalue weighted by Crippen LogP contribution is 2.55. The van der Waals surface area contributed by atoms with Crippen molar-refractivity contribution in [3.63, 3.8) is 0 Å². The summed E-state index contributed by atoms with van der Waals surface area (Å²) in [5.74, 6) is 2.12. The van der Waals surface area contributed by atoms with E-state index in [-0.39, 0.29) is 5.41 Å². The van der Waals surface area contributed by atoms with Crippen LogP contribution in [0.2, 0.25) is 0 Å². The molecule has 0 spiro atoms. The Morgan fingerprint density at radius 3 is 1.75 bits per heavy atom. The van der Waals surface area contributed by atoms with E-state index in [9.17, 15) is 10.2 Å². The lowest BCUT2D eigenvalue weighted by Crippen LogP contribution is -2.45. The largest absolute Gasteiger partial charge is 0.508 e. The molecule has 2 heteroatoms. The van der Waals surface area contributed by atoms with Gasteiger partial charge in [0.05, 0.1) is 0 Å². The maximum atomic E-state index is 9.75. The molecule has 0 heterocycles. The number of benzene rings is 2. The molecule has 2 saturated carbocycles. The molecular weight excluding hydrogens is 296 g/mol. The molecule has 0 aliphatic heterocycles. The van der Waals surface area contributed by atoms with E-state index in [0.717, 1.165) is 12.3 Å². The maximum absolute atomic E-state index is 9.75. The van der Waals surface area contributed by atoms with Crippen LogP contribution in [0.25, 0.3) is 0 Å². The molecular formula is C22H26O2. The van der Waals surface area contributed by atoms with Crippen molar-refractivity contribution in [1.82, 2.24) is 0 Å². The van der Waals surface area contributed by atoms with Gasteiger partial charge >= 0.3 is 0 Å². The van der Waals surface area contributed by atoms with Crippen LogP contribution in [-0.2, 0) is 5.41 Å². The number of hydrogen-bond acceptors (Lipinski definition) is 2. The summed E-state index contributed by atoms with van der Waals surface area (Å²) in [7, 11) is 0. The van der Waals surface area contributed by atoms with Crippen LogP contribution < -0.4 is 0 Å². The van der Waals surface area contributed by atoms with Crippen molar-refractivity contribution < 1.29 is 10.2 Å². The fourth-order valence-electron chi connectivity index (χ4n) is 5.43. The maximum Gasteiger partial charge on any atom is 0.115 e. The standard InChI is InChI=1S/C22H26O2/c23-19-11-7-17(8-12-19)22(18-9-13-20(24)14-10-18)15-3-5-16-4-1-2-6-21(16)22/h7-14,16,21,23-24H,1-6,15H2. The first-order chi connectivity index (χ1) is 11.7. The first-order valence-corrected chi connectivity index (χ1v) is 9.29. The van der Waals surface area contributed by atoms with Gasteiger partial charge in [-0.1, -0.05) is 56.4 Å². The lowest BCUT2D eigenvalue weighted by molar-refractivity contribution is 0.0967. The third-order valence-electron chi connectivity index (χ3n) is 6.45. The zero-order chi connectivity index (χ0) is 16.6. The molecule has 2 aliphatic rings. The van der Waals surface area contributed by atoms with Crippen molar-refractivity contribution >= 4 is 0 Å². The van der Waals surface area contributed by atoms with E-state index >= 15 is 0 Å². The Bertz CT molecular complexity index is 639. The third-order valence-corrected chi connectivity index (χ3v) is 6.45. The van der Waals surface area contributed by atoms with Gasteiger partial charge < -0.3 is 10.2 Å². The van der Waals surface area contributed by atoms with Crippen LogP contribution in [0, 0.1) is 11.8 Å². The third kappa shape index (κ3) is 2.49. The van der Waals surface area contributed by atoms with Gasteiger partial charge in [0.15, 0.2) is 0 Å². The van der Waals surface area contributed by atoms with Gasteiger partial charge in [0, 0.05) is 5.41 Å². The molecule has 2 unspecified atom stereocenters. The van der Waals surface area contributed by atoms with Crippen molar-refractivity contribution in [2.24, 2.45) is 11.8 Å². The van der Waals surface area contributed by atoms with Crippen LogP contribution in [0.5, 0.6) is 11.5 Å². The minimum Gasteiger partial charge on any atom is -0.508 e. The minimum absolute atomic E-state index is 0.0186. The Morgan fingerprint density at radius 2 is 1.17 bits per heavy atom. The van der Waals surface area contributed by atoms with Gasteiger partial charge in [-0.15, -0.1) is 0 Å². The highest BCUT2D eigenvalue weighted by molar-refractivity contribution is 5.44. The van der Waals surface area contributed by atoms with Gasteiger partial charge in [-0.05, 0) is 60.1 Å². The highest BCUT2D eigenvalue weighted by Gasteiger charge is 2.48. The summed E-state index contributed by atoms with van der Waals surface area (Å²) in [5, 5.41) is 19.5. The molecule has 0 amide bonds. The average Bonchev–Trinajstić information content (AvgIpc) is 2.62. The Labute approximate surface area is 144 Å². The summed E-state index contributed by atoms with van der Waals surface area (Å²) in [5.41, 5.74) is 2.66. The van der Waals surface area contributed by atoms with Gasteiger partial charge in [0.2, 0.25) is 0 Å². The number of fused-ring (bicyclic) bond motifs is 1. The second kappa shape index (κ2) is 6.16. The SMILES string of the molecule is Oc1ccc(C2(c3ccc(O)cc3)CCCC3CCCCC32)cc1. The first kappa shape index (κ1) is 15.6. The molecule has 126 valence electrons. The number of phenols is 2. The molecule has 4 rings (SSSR count). The van der Waals surface area contributed by atoms with Gasteiger partial charge in [-0.3, -0.25) is 0 Å². The molecule has 0 bridgehead atoms. The van der Waals surface area contributed by atoms with Crippen LogP contribution in [0.15, 0.2) is 48.5 Å². The Hall–Kier alpha value is -1.96. The van der Waals surface area contributed by atoms with E-state index in [1.807, 2.05) is 24.3 Å². The Morgan fingerprint density at radius 1 is 0.667 bits per heavy atom. The summed E-state index contributed by atoms with van der Waals surface area (Å²) in [4.78, 5) is 0. The van der Waals surface area contributed by atoms with E-state index in [1.165, 1.54) is 49.7 Å². The van der Waals surface area contributed by atoms with Crippen LogP contribution in [0.3, 0.4) is 0 Å². The molecule has 24 heavy (non-hydrogen) atoms. The van der Waals surface area contributed by atoms with E-state index < -0.39 is 0 Å². The van der Waals surface area contributed by atoms with Crippen molar-refractivity contribution in [3.05, 3.63) is 59.7 Å². The average molecular weight is 322 g/mol. The first-order valence-electron chi connectivity index (χ1n) is 9.29. The zero-order valence-electron chi connectivity index (χ0n) is 14.1. The zero-order valence-corrected chi connectivity index (χ0v) is 14.1. The summed E-state index contributed by atoms with van der Waals surface area (Å²) < 4.78 is 0. The van der Waals surface area contributed by atoms with Crippen molar-refractivity contribution in [2.45, 2.75) is 50.4 Å². The Balaban J connectivity index is 1.88. The summed E-state index contributed by atoms with van der Waals surface area (Å²) in [6, 6.07) is 15.7.